The van der Waals surface area contributed by atoms with Crippen LogP contribution < -0.4 is 15.9 Å². The van der Waals surface area contributed by atoms with Crippen molar-refractivity contribution < 1.29 is 9.53 Å². The third kappa shape index (κ3) is 3.56. The molecule has 26 heavy (non-hydrogen) atoms. The van der Waals surface area contributed by atoms with Gasteiger partial charge < -0.3 is 15.0 Å². The molecule has 140 valence electrons. The van der Waals surface area contributed by atoms with Gasteiger partial charge in [-0.15, -0.1) is 5.10 Å². The average Bonchev–Trinajstić information content (AvgIpc) is 3.04. The second-order valence-electron chi connectivity index (χ2n) is 6.71. The fraction of sp³-hybridized carbons (Fsp3) is 0.625. The number of nitrogens with one attached hydrogen (secondary N) is 2. The Morgan fingerprint density at radius 2 is 2.19 bits per heavy atom. The van der Waals surface area contributed by atoms with Crippen molar-refractivity contribution in [2.24, 2.45) is 0 Å². The largest absolute Gasteiger partial charge is 0.379 e. The molecule has 1 amide bonds. The second-order valence-corrected chi connectivity index (χ2v) is 6.71. The molecule has 10 heteroatoms. The van der Waals surface area contributed by atoms with Crippen LogP contribution in [0.2, 0.25) is 0 Å². The Bertz CT molecular complexity index is 827. The van der Waals surface area contributed by atoms with Crippen molar-refractivity contribution in [3.63, 3.8) is 0 Å². The summed E-state index contributed by atoms with van der Waals surface area (Å²) < 4.78 is 6.76. The van der Waals surface area contributed by atoms with Crippen molar-refractivity contribution in [3.05, 3.63) is 22.9 Å². The van der Waals surface area contributed by atoms with Crippen molar-refractivity contribution in [1.29, 1.82) is 0 Å². The van der Waals surface area contributed by atoms with Crippen LogP contribution in [-0.2, 0) is 9.53 Å². The Hall–Kier alpha value is -2.46. The van der Waals surface area contributed by atoms with Gasteiger partial charge in [0, 0.05) is 44.6 Å². The van der Waals surface area contributed by atoms with Gasteiger partial charge >= 0.3 is 5.69 Å². The van der Waals surface area contributed by atoms with Crippen LogP contribution in [0.4, 0.5) is 5.82 Å². The molecule has 2 aliphatic rings. The number of amides is 1. The molecule has 4 rings (SSSR count). The number of carbonyl (C=O) groups excluding carboxylic acids is 1. The molecule has 2 aromatic heterocycles. The number of nitrogens with zero attached hydrogens (tertiary/aromatic N) is 5. The Labute approximate surface area is 150 Å². The second kappa shape index (κ2) is 7.42. The molecule has 0 saturated carbocycles. The predicted octanol–water partition coefficient (Wildman–Crippen LogP) is -1.17. The van der Waals surface area contributed by atoms with Gasteiger partial charge in [-0.25, -0.2) is 19.3 Å². The third-order valence-corrected chi connectivity index (χ3v) is 4.87. The van der Waals surface area contributed by atoms with Gasteiger partial charge in [0.05, 0.1) is 19.8 Å². The van der Waals surface area contributed by atoms with Crippen LogP contribution in [0, 0.1) is 0 Å². The van der Waals surface area contributed by atoms with Crippen LogP contribution in [0.5, 0.6) is 0 Å². The first-order chi connectivity index (χ1) is 12.7. The fourth-order valence-electron chi connectivity index (χ4n) is 3.58. The molecule has 2 N–H and O–H groups in total. The van der Waals surface area contributed by atoms with E-state index in [4.69, 9.17) is 4.74 Å². The van der Waals surface area contributed by atoms with Crippen LogP contribution in [0.15, 0.2) is 17.2 Å². The summed E-state index contributed by atoms with van der Waals surface area (Å²) in [7, 11) is 0. The molecule has 0 aliphatic carbocycles. The standard InChI is InChI=1S/C16H23N7O3/c24-13(11-21-6-8-26-9-7-21)18-12-2-1-4-22(10-12)14-15-19-20-16(25)23(15)5-3-17-14/h3,5,12H,1-2,4,6-11H2,(H,18,24)(H,20,25). The van der Waals surface area contributed by atoms with E-state index < -0.39 is 0 Å². The smallest absolute Gasteiger partial charge is 0.347 e. The van der Waals surface area contributed by atoms with Crippen molar-refractivity contribution in [1.82, 2.24) is 29.8 Å². The zero-order chi connectivity index (χ0) is 17.9. The molecule has 2 aromatic rings. The van der Waals surface area contributed by atoms with E-state index in [1.54, 1.807) is 12.4 Å². The highest BCUT2D eigenvalue weighted by molar-refractivity contribution is 5.78. The summed E-state index contributed by atoms with van der Waals surface area (Å²) in [6, 6.07) is 0.0602. The minimum absolute atomic E-state index is 0.0425. The van der Waals surface area contributed by atoms with Crippen LogP contribution in [-0.4, -0.2) is 82.4 Å². The summed E-state index contributed by atoms with van der Waals surface area (Å²) in [5.74, 6) is 0.707. The van der Waals surface area contributed by atoms with Gasteiger partial charge in [-0.05, 0) is 12.8 Å². The average molecular weight is 361 g/mol. The van der Waals surface area contributed by atoms with Crippen LogP contribution in [0.25, 0.3) is 5.65 Å². The molecule has 2 fully saturated rings. The fourth-order valence-corrected chi connectivity index (χ4v) is 3.58. The van der Waals surface area contributed by atoms with E-state index in [2.05, 4.69) is 30.3 Å². The number of ether oxygens (including phenoxy) is 1. The number of aromatic nitrogens is 4. The summed E-state index contributed by atoms with van der Waals surface area (Å²) in [5.41, 5.74) is 0.230. The molecule has 0 aromatic carbocycles. The SMILES string of the molecule is O=C(CN1CCOCC1)NC1CCCN(c2nccn3c(=O)[nH]nc23)C1. The minimum Gasteiger partial charge on any atom is -0.379 e. The number of anilines is 1. The number of hydrogen-bond donors (Lipinski definition) is 2. The number of fused-ring (bicyclic) bond motifs is 1. The van der Waals surface area contributed by atoms with Crippen molar-refractivity contribution in [3.8, 4) is 0 Å². The number of rotatable bonds is 4. The van der Waals surface area contributed by atoms with Gasteiger partial charge in [0.1, 0.15) is 0 Å². The lowest BCUT2D eigenvalue weighted by Gasteiger charge is -2.34. The molecule has 0 radical (unpaired) electrons. The Balaban J connectivity index is 1.40. The summed E-state index contributed by atoms with van der Waals surface area (Å²) >= 11 is 0. The third-order valence-electron chi connectivity index (χ3n) is 4.87. The van der Waals surface area contributed by atoms with E-state index >= 15 is 0 Å². The van der Waals surface area contributed by atoms with E-state index in [0.717, 1.165) is 32.5 Å². The van der Waals surface area contributed by atoms with Crippen molar-refractivity contribution >= 4 is 17.4 Å². The molecule has 2 aliphatic heterocycles. The molecule has 1 atom stereocenters. The lowest BCUT2D eigenvalue weighted by Crippen LogP contribution is -2.51. The van der Waals surface area contributed by atoms with E-state index in [1.165, 1.54) is 4.40 Å². The summed E-state index contributed by atoms with van der Waals surface area (Å²) in [5, 5.41) is 9.65. The van der Waals surface area contributed by atoms with Crippen LogP contribution >= 0.6 is 0 Å². The number of morpholine rings is 1. The molecule has 2 saturated heterocycles. The number of aromatic amines is 1. The first-order valence-electron chi connectivity index (χ1n) is 8.97. The molecule has 10 nitrogen and oxygen atoms in total. The van der Waals surface area contributed by atoms with Gasteiger partial charge in [-0.2, -0.15) is 0 Å². The molecular formula is C16H23N7O3. The normalized spacial score (nSPS) is 21.8. The number of piperidine rings is 1. The summed E-state index contributed by atoms with van der Waals surface area (Å²) in [6.45, 7) is 4.84. The number of H-pyrrole nitrogens is 1. The molecule has 1 unspecified atom stereocenters. The van der Waals surface area contributed by atoms with Gasteiger partial charge in [0.2, 0.25) is 11.6 Å². The zero-order valence-corrected chi connectivity index (χ0v) is 14.6. The van der Waals surface area contributed by atoms with Crippen LogP contribution in [0.1, 0.15) is 12.8 Å². The maximum Gasteiger partial charge on any atom is 0.347 e. The Morgan fingerprint density at radius 1 is 1.35 bits per heavy atom. The predicted molar refractivity (Wildman–Crippen MR) is 94.2 cm³/mol. The van der Waals surface area contributed by atoms with Gasteiger partial charge in [0.25, 0.3) is 0 Å². The van der Waals surface area contributed by atoms with E-state index in [1.807, 2.05) is 0 Å². The highest BCUT2D eigenvalue weighted by Gasteiger charge is 2.25. The molecular weight excluding hydrogens is 338 g/mol. The highest BCUT2D eigenvalue weighted by Crippen LogP contribution is 2.20. The quantitative estimate of drug-likeness (QED) is 0.707. The Morgan fingerprint density at radius 3 is 3.04 bits per heavy atom. The topological polar surface area (TPSA) is 108 Å². The summed E-state index contributed by atoms with van der Waals surface area (Å²) in [6.07, 6.45) is 5.07. The highest BCUT2D eigenvalue weighted by atomic mass is 16.5. The first-order valence-corrected chi connectivity index (χ1v) is 8.97. The van der Waals surface area contributed by atoms with Crippen LogP contribution in [0.3, 0.4) is 0 Å². The lowest BCUT2D eigenvalue weighted by molar-refractivity contribution is -0.124. The van der Waals surface area contributed by atoms with E-state index in [9.17, 15) is 9.59 Å². The molecule has 0 spiro atoms. The van der Waals surface area contributed by atoms with Crippen molar-refractivity contribution in [2.75, 3.05) is 50.8 Å². The lowest BCUT2D eigenvalue weighted by atomic mass is 10.1. The summed E-state index contributed by atoms with van der Waals surface area (Å²) in [4.78, 5) is 32.7. The van der Waals surface area contributed by atoms with Gasteiger partial charge in [-0.1, -0.05) is 0 Å². The molecule has 4 heterocycles. The Kier molecular flexibility index (Phi) is 4.85. The minimum atomic E-state index is -0.281. The van der Waals surface area contributed by atoms with Crippen molar-refractivity contribution in [2.45, 2.75) is 18.9 Å². The maximum atomic E-state index is 12.3. The molecule has 0 bridgehead atoms. The monoisotopic (exact) mass is 361 g/mol. The maximum absolute atomic E-state index is 12.3. The zero-order valence-electron chi connectivity index (χ0n) is 14.6. The van der Waals surface area contributed by atoms with Gasteiger partial charge in [-0.3, -0.25) is 9.69 Å². The van der Waals surface area contributed by atoms with E-state index in [-0.39, 0.29) is 17.6 Å². The van der Waals surface area contributed by atoms with Gasteiger partial charge in [0.15, 0.2) is 5.82 Å². The number of carbonyl (C=O) groups is 1. The first kappa shape index (κ1) is 17.0. The number of hydrogen-bond acceptors (Lipinski definition) is 7. The van der Waals surface area contributed by atoms with E-state index in [0.29, 0.717) is 37.8 Å².